The summed E-state index contributed by atoms with van der Waals surface area (Å²) in [5, 5.41) is 0.752. The molecule has 0 aliphatic carbocycles. The Kier molecular flexibility index (Phi) is 6.47. The molecule has 1 aliphatic heterocycles. The van der Waals surface area contributed by atoms with Crippen molar-refractivity contribution in [2.75, 3.05) is 38.2 Å². The van der Waals surface area contributed by atoms with Crippen LogP contribution >= 0.6 is 11.6 Å². The molecule has 186 valence electrons. The van der Waals surface area contributed by atoms with Gasteiger partial charge >= 0.3 is 0 Å². The zero-order valence-electron chi connectivity index (χ0n) is 20.5. The third kappa shape index (κ3) is 4.63. The number of hydrogen-bond donors (Lipinski definition) is 0. The van der Waals surface area contributed by atoms with Crippen LogP contribution in [0.2, 0.25) is 5.02 Å². The molecule has 0 bridgehead atoms. The van der Waals surface area contributed by atoms with Crippen LogP contribution in [0.5, 0.6) is 5.75 Å². The highest BCUT2D eigenvalue weighted by Gasteiger charge is 2.28. The minimum atomic E-state index is 0.167. The molecule has 7 nitrogen and oxygen atoms in total. The third-order valence-electron chi connectivity index (χ3n) is 6.94. The van der Waals surface area contributed by atoms with Gasteiger partial charge in [0, 0.05) is 36.9 Å². The van der Waals surface area contributed by atoms with Gasteiger partial charge in [-0.15, -0.1) is 0 Å². The average Bonchev–Trinajstić information content (AvgIpc) is 3.40. The molecule has 1 fully saturated rings. The first-order chi connectivity index (χ1) is 18.2. The number of halogens is 1. The Morgan fingerprint density at radius 3 is 2.19 bits per heavy atom. The minimum absolute atomic E-state index is 0.167. The van der Waals surface area contributed by atoms with Crippen molar-refractivity contribution in [1.29, 1.82) is 0 Å². The van der Waals surface area contributed by atoms with E-state index in [9.17, 15) is 0 Å². The molecule has 0 unspecified atom stereocenters. The first kappa shape index (κ1) is 23.5. The summed E-state index contributed by atoms with van der Waals surface area (Å²) < 4.78 is 7.28. The molecule has 8 heteroatoms. The molecule has 0 saturated carbocycles. The second kappa shape index (κ2) is 10.2. The summed E-state index contributed by atoms with van der Waals surface area (Å²) >= 11 is 6.19. The highest BCUT2D eigenvalue weighted by atomic mass is 35.5. The zero-order chi connectivity index (χ0) is 25.2. The van der Waals surface area contributed by atoms with Crippen LogP contribution in [-0.2, 0) is 0 Å². The van der Waals surface area contributed by atoms with Crippen molar-refractivity contribution in [3.63, 3.8) is 0 Å². The van der Waals surface area contributed by atoms with E-state index in [1.54, 1.807) is 13.4 Å². The van der Waals surface area contributed by atoms with Gasteiger partial charge in [-0.25, -0.2) is 15.0 Å². The van der Waals surface area contributed by atoms with Crippen molar-refractivity contribution in [2.24, 2.45) is 0 Å². The van der Waals surface area contributed by atoms with E-state index in [-0.39, 0.29) is 6.04 Å². The number of methoxy groups -OCH3 is 1. The number of fused-ring (bicyclic) bond motifs is 1. The van der Waals surface area contributed by atoms with Gasteiger partial charge < -0.3 is 9.64 Å². The smallest absolute Gasteiger partial charge is 0.170 e. The number of rotatable bonds is 6. The molecular weight excluding hydrogens is 484 g/mol. The van der Waals surface area contributed by atoms with Gasteiger partial charge in [-0.1, -0.05) is 54.1 Å². The Balaban J connectivity index is 1.25. The van der Waals surface area contributed by atoms with Gasteiger partial charge in [-0.3, -0.25) is 9.47 Å². The summed E-state index contributed by atoms with van der Waals surface area (Å²) in [5.74, 6) is 1.69. The second-order valence-corrected chi connectivity index (χ2v) is 9.51. The van der Waals surface area contributed by atoms with Gasteiger partial charge in [-0.2, -0.15) is 0 Å². The number of aromatic nitrogens is 4. The maximum Gasteiger partial charge on any atom is 0.170 e. The number of anilines is 1. The van der Waals surface area contributed by atoms with Crippen LogP contribution in [0.1, 0.15) is 17.2 Å². The molecular formula is C29H27ClN6O. The fraction of sp³-hybridized carbons (Fsp3) is 0.207. The van der Waals surface area contributed by atoms with E-state index in [0.717, 1.165) is 59.6 Å². The van der Waals surface area contributed by atoms with E-state index in [4.69, 9.17) is 21.3 Å². The average molecular weight is 511 g/mol. The summed E-state index contributed by atoms with van der Waals surface area (Å²) in [5.41, 5.74) is 5.10. The summed E-state index contributed by atoms with van der Waals surface area (Å²) in [6.07, 6.45) is 3.44. The van der Waals surface area contributed by atoms with Crippen molar-refractivity contribution < 1.29 is 4.74 Å². The lowest BCUT2D eigenvalue weighted by Crippen LogP contribution is -2.48. The van der Waals surface area contributed by atoms with E-state index in [1.165, 1.54) is 11.1 Å². The SMILES string of the molecule is COc1ccc(-n2cnc3c(N4CCN([C@@H](c5ccccc5)c5ccc(Cl)cc5)CC4)ncnc32)cc1. The fourth-order valence-corrected chi connectivity index (χ4v) is 5.20. The van der Waals surface area contributed by atoms with Gasteiger partial charge in [0.05, 0.1) is 13.2 Å². The van der Waals surface area contributed by atoms with Crippen LogP contribution in [-0.4, -0.2) is 57.7 Å². The second-order valence-electron chi connectivity index (χ2n) is 9.07. The van der Waals surface area contributed by atoms with E-state index in [1.807, 2.05) is 47.3 Å². The Hall–Kier alpha value is -3.94. The number of nitrogens with zero attached hydrogens (tertiary/aromatic N) is 6. The summed E-state index contributed by atoms with van der Waals surface area (Å²) in [6.45, 7) is 3.48. The lowest BCUT2D eigenvalue weighted by atomic mass is 9.96. The molecule has 0 radical (unpaired) electrons. The van der Waals surface area contributed by atoms with Crippen LogP contribution in [0, 0.1) is 0 Å². The monoisotopic (exact) mass is 510 g/mol. The highest BCUT2D eigenvalue weighted by Crippen LogP contribution is 2.32. The molecule has 1 saturated heterocycles. The quantitative estimate of drug-likeness (QED) is 0.305. The number of ether oxygens (including phenoxy) is 1. The van der Waals surface area contributed by atoms with Crippen LogP contribution in [0.3, 0.4) is 0 Å². The van der Waals surface area contributed by atoms with Gasteiger partial charge in [-0.05, 0) is 47.5 Å². The van der Waals surface area contributed by atoms with Crippen molar-refractivity contribution in [1.82, 2.24) is 24.4 Å². The Morgan fingerprint density at radius 1 is 0.784 bits per heavy atom. The summed E-state index contributed by atoms with van der Waals surface area (Å²) in [7, 11) is 1.67. The normalized spacial score (nSPS) is 15.1. The Bertz CT molecular complexity index is 1480. The topological polar surface area (TPSA) is 59.3 Å². The minimum Gasteiger partial charge on any atom is -0.497 e. The van der Waals surface area contributed by atoms with Gasteiger partial charge in [0.2, 0.25) is 0 Å². The first-order valence-electron chi connectivity index (χ1n) is 12.3. The standard InChI is InChI=1S/C29H27ClN6O/c1-37-25-13-11-24(12-14-25)36-20-33-26-28(31-19-32-29(26)36)35-17-15-34(16-18-35)27(21-5-3-2-4-6-21)22-7-9-23(30)10-8-22/h2-14,19-20,27H,15-18H2,1H3/t27-/m0/s1. The first-order valence-corrected chi connectivity index (χ1v) is 12.7. The van der Waals surface area contributed by atoms with Crippen LogP contribution in [0.4, 0.5) is 5.82 Å². The van der Waals surface area contributed by atoms with Crippen LogP contribution < -0.4 is 9.64 Å². The molecule has 0 N–H and O–H groups in total. The molecule has 1 aliphatic rings. The number of hydrogen-bond acceptors (Lipinski definition) is 6. The molecule has 2 aromatic heterocycles. The highest BCUT2D eigenvalue weighted by molar-refractivity contribution is 6.30. The van der Waals surface area contributed by atoms with Crippen molar-refractivity contribution in [3.05, 3.63) is 108 Å². The van der Waals surface area contributed by atoms with Crippen molar-refractivity contribution in [3.8, 4) is 11.4 Å². The van der Waals surface area contributed by atoms with E-state index < -0.39 is 0 Å². The predicted octanol–water partition coefficient (Wildman–Crippen LogP) is 5.39. The van der Waals surface area contributed by atoms with Crippen molar-refractivity contribution >= 4 is 28.6 Å². The lowest BCUT2D eigenvalue weighted by Gasteiger charge is -2.40. The molecule has 37 heavy (non-hydrogen) atoms. The molecule has 0 spiro atoms. The molecule has 3 heterocycles. The van der Waals surface area contributed by atoms with E-state index in [0.29, 0.717) is 0 Å². The molecule has 0 amide bonds. The van der Waals surface area contributed by atoms with E-state index >= 15 is 0 Å². The molecule has 3 aromatic carbocycles. The van der Waals surface area contributed by atoms with E-state index in [2.05, 4.69) is 62.2 Å². The third-order valence-corrected chi connectivity index (χ3v) is 7.20. The van der Waals surface area contributed by atoms with Gasteiger partial charge in [0.15, 0.2) is 17.0 Å². The number of imidazole rings is 1. The largest absolute Gasteiger partial charge is 0.497 e. The van der Waals surface area contributed by atoms with Crippen molar-refractivity contribution in [2.45, 2.75) is 6.04 Å². The fourth-order valence-electron chi connectivity index (χ4n) is 5.07. The zero-order valence-corrected chi connectivity index (χ0v) is 21.3. The maximum absolute atomic E-state index is 6.19. The van der Waals surface area contributed by atoms with Gasteiger partial charge in [0.25, 0.3) is 0 Å². The predicted molar refractivity (Wildman–Crippen MR) is 147 cm³/mol. The summed E-state index contributed by atoms with van der Waals surface area (Å²) in [4.78, 5) is 18.8. The Morgan fingerprint density at radius 2 is 1.49 bits per heavy atom. The van der Waals surface area contributed by atoms with Gasteiger partial charge in [0.1, 0.15) is 18.4 Å². The summed E-state index contributed by atoms with van der Waals surface area (Å²) in [6, 6.07) is 26.9. The Labute approximate surface area is 220 Å². The van der Waals surface area contributed by atoms with Crippen LogP contribution in [0.15, 0.2) is 91.5 Å². The molecule has 5 aromatic rings. The van der Waals surface area contributed by atoms with Crippen LogP contribution in [0.25, 0.3) is 16.9 Å². The maximum atomic E-state index is 6.19. The lowest BCUT2D eigenvalue weighted by molar-refractivity contribution is 0.212. The number of benzene rings is 3. The molecule has 1 atom stereocenters. The molecule has 6 rings (SSSR count). The number of piperazine rings is 1.